The number of carboxylic acids is 1. The number of aromatic nitrogens is 4. The number of rotatable bonds is 8. The highest BCUT2D eigenvalue weighted by Crippen LogP contribution is 2.00. The van der Waals surface area contributed by atoms with Crippen LogP contribution < -0.4 is 5.32 Å². The maximum atomic E-state index is 11.9. The van der Waals surface area contributed by atoms with Gasteiger partial charge in [-0.2, -0.15) is 10.2 Å². The van der Waals surface area contributed by atoms with E-state index in [1.165, 1.54) is 10.9 Å². The first-order valence-electron chi connectivity index (χ1n) is 7.07. The first-order chi connectivity index (χ1) is 10.6. The summed E-state index contributed by atoms with van der Waals surface area (Å²) in [4.78, 5) is 22.4. The van der Waals surface area contributed by atoms with Crippen LogP contribution in [-0.4, -0.2) is 43.1 Å². The molecular weight excluding hydrogens is 286 g/mol. The van der Waals surface area contributed by atoms with E-state index >= 15 is 0 Å². The Morgan fingerprint density at radius 2 is 2.14 bits per heavy atom. The number of aryl methyl sites for hydroxylation is 3. The molecule has 1 amide bonds. The zero-order chi connectivity index (χ0) is 15.9. The van der Waals surface area contributed by atoms with Crippen molar-refractivity contribution in [1.29, 1.82) is 0 Å². The van der Waals surface area contributed by atoms with Gasteiger partial charge < -0.3 is 10.4 Å². The van der Waals surface area contributed by atoms with Gasteiger partial charge in [0, 0.05) is 31.2 Å². The van der Waals surface area contributed by atoms with E-state index in [4.69, 9.17) is 5.11 Å². The normalized spacial score (nSPS) is 10.6. The van der Waals surface area contributed by atoms with E-state index in [2.05, 4.69) is 15.5 Å². The predicted octanol–water partition coefficient (Wildman–Crippen LogP) is 0.683. The Morgan fingerprint density at radius 1 is 1.32 bits per heavy atom. The minimum Gasteiger partial charge on any atom is -0.481 e. The van der Waals surface area contributed by atoms with Crippen LogP contribution in [0.4, 0.5) is 0 Å². The molecule has 0 aliphatic rings. The van der Waals surface area contributed by atoms with Gasteiger partial charge in [-0.3, -0.25) is 19.0 Å². The van der Waals surface area contributed by atoms with Gasteiger partial charge in [-0.15, -0.1) is 0 Å². The Bertz CT molecular complexity index is 646. The van der Waals surface area contributed by atoms with Crippen molar-refractivity contribution in [2.75, 3.05) is 6.54 Å². The average molecular weight is 305 g/mol. The fourth-order valence-electron chi connectivity index (χ4n) is 1.98. The summed E-state index contributed by atoms with van der Waals surface area (Å²) in [6.45, 7) is 3.52. The molecule has 0 unspecified atom stereocenters. The molecule has 2 aromatic rings. The quantitative estimate of drug-likeness (QED) is 0.698. The van der Waals surface area contributed by atoms with Crippen LogP contribution in [0.3, 0.4) is 0 Å². The first kappa shape index (κ1) is 15.7. The summed E-state index contributed by atoms with van der Waals surface area (Å²) < 4.78 is 3.34. The molecule has 2 rings (SSSR count). The maximum absolute atomic E-state index is 11.9. The Hall–Kier alpha value is -2.64. The molecule has 0 aliphatic heterocycles. The van der Waals surface area contributed by atoms with E-state index in [1.54, 1.807) is 12.4 Å². The Labute approximate surface area is 127 Å². The molecule has 2 aromatic heterocycles. The summed E-state index contributed by atoms with van der Waals surface area (Å²) in [7, 11) is 0. The standard InChI is InChI=1S/C14H19N5O3/c1-11-3-6-16-19(11)7-2-5-15-14(22)12-9-17-18(10-12)8-4-13(20)21/h3,6,9-10H,2,4-5,7-8H2,1H3,(H,15,22)(H,20,21). The molecule has 8 nitrogen and oxygen atoms in total. The number of hydrogen-bond donors (Lipinski definition) is 2. The zero-order valence-electron chi connectivity index (χ0n) is 12.4. The number of carbonyl (C=O) groups is 2. The maximum Gasteiger partial charge on any atom is 0.305 e. The molecule has 0 saturated carbocycles. The Balaban J connectivity index is 1.73. The van der Waals surface area contributed by atoms with Gasteiger partial charge in [0.1, 0.15) is 0 Å². The van der Waals surface area contributed by atoms with Gasteiger partial charge in [-0.05, 0) is 19.4 Å². The minimum atomic E-state index is -0.893. The smallest absolute Gasteiger partial charge is 0.305 e. The minimum absolute atomic E-state index is 0.0219. The fraction of sp³-hybridized carbons (Fsp3) is 0.429. The lowest BCUT2D eigenvalue weighted by Gasteiger charge is -2.05. The number of amides is 1. The van der Waals surface area contributed by atoms with Crippen LogP contribution in [0.1, 0.15) is 28.9 Å². The lowest BCUT2D eigenvalue weighted by atomic mass is 10.3. The fourth-order valence-corrected chi connectivity index (χ4v) is 1.98. The molecular formula is C14H19N5O3. The van der Waals surface area contributed by atoms with Crippen LogP contribution in [0.15, 0.2) is 24.7 Å². The van der Waals surface area contributed by atoms with Crippen molar-refractivity contribution >= 4 is 11.9 Å². The first-order valence-corrected chi connectivity index (χ1v) is 7.07. The summed E-state index contributed by atoms with van der Waals surface area (Å²) in [5.41, 5.74) is 1.52. The van der Waals surface area contributed by atoms with Crippen LogP contribution in [0, 0.1) is 6.92 Å². The third-order valence-electron chi connectivity index (χ3n) is 3.21. The summed E-state index contributed by atoms with van der Waals surface area (Å²) >= 11 is 0. The van der Waals surface area contributed by atoms with Crippen LogP contribution in [0.25, 0.3) is 0 Å². The SMILES string of the molecule is Cc1ccnn1CCCNC(=O)c1cnn(CCC(=O)O)c1. The highest BCUT2D eigenvalue weighted by atomic mass is 16.4. The van der Waals surface area contributed by atoms with Gasteiger partial charge in [0.2, 0.25) is 0 Å². The summed E-state index contributed by atoms with van der Waals surface area (Å²) in [6, 6.07) is 1.93. The molecule has 0 atom stereocenters. The Kier molecular flexibility index (Phi) is 5.29. The molecule has 2 heterocycles. The van der Waals surface area contributed by atoms with E-state index in [0.717, 1.165) is 18.7 Å². The van der Waals surface area contributed by atoms with Crippen molar-refractivity contribution in [1.82, 2.24) is 24.9 Å². The average Bonchev–Trinajstić information content (AvgIpc) is 3.10. The van der Waals surface area contributed by atoms with E-state index in [1.807, 2.05) is 17.7 Å². The number of carbonyl (C=O) groups excluding carboxylic acids is 1. The van der Waals surface area contributed by atoms with Gasteiger partial charge in [0.25, 0.3) is 5.91 Å². The Morgan fingerprint density at radius 3 is 2.82 bits per heavy atom. The molecule has 118 valence electrons. The number of nitrogens with one attached hydrogen (secondary N) is 1. The zero-order valence-corrected chi connectivity index (χ0v) is 12.4. The second-order valence-electron chi connectivity index (χ2n) is 4.94. The van der Waals surface area contributed by atoms with E-state index in [-0.39, 0.29) is 18.9 Å². The highest BCUT2D eigenvalue weighted by Gasteiger charge is 2.08. The molecule has 8 heteroatoms. The number of hydrogen-bond acceptors (Lipinski definition) is 4. The molecule has 0 aliphatic carbocycles. The van der Waals surface area contributed by atoms with Crippen LogP contribution in [0.2, 0.25) is 0 Å². The van der Waals surface area contributed by atoms with Crippen molar-refractivity contribution in [3.8, 4) is 0 Å². The van der Waals surface area contributed by atoms with Crippen LogP contribution in [0.5, 0.6) is 0 Å². The number of carboxylic acid groups (broad SMARTS) is 1. The van der Waals surface area contributed by atoms with Crippen molar-refractivity contribution in [2.24, 2.45) is 0 Å². The molecule has 0 radical (unpaired) electrons. The largest absolute Gasteiger partial charge is 0.481 e. The molecule has 0 spiro atoms. The van der Waals surface area contributed by atoms with Gasteiger partial charge >= 0.3 is 5.97 Å². The van der Waals surface area contributed by atoms with Crippen molar-refractivity contribution in [2.45, 2.75) is 32.9 Å². The topological polar surface area (TPSA) is 102 Å². The van der Waals surface area contributed by atoms with Gasteiger partial charge in [-0.1, -0.05) is 0 Å². The van der Waals surface area contributed by atoms with E-state index < -0.39 is 5.97 Å². The van der Waals surface area contributed by atoms with Gasteiger partial charge in [-0.25, -0.2) is 0 Å². The summed E-state index contributed by atoms with van der Waals surface area (Å²) in [5, 5.41) is 19.6. The van der Waals surface area contributed by atoms with Crippen molar-refractivity contribution in [3.63, 3.8) is 0 Å². The highest BCUT2D eigenvalue weighted by molar-refractivity contribution is 5.93. The molecule has 0 bridgehead atoms. The molecule has 2 N–H and O–H groups in total. The monoisotopic (exact) mass is 305 g/mol. The molecule has 0 saturated heterocycles. The summed E-state index contributed by atoms with van der Waals surface area (Å²) in [6.07, 6.45) is 5.50. The van der Waals surface area contributed by atoms with Crippen LogP contribution in [-0.2, 0) is 17.9 Å². The molecule has 0 fully saturated rings. The second kappa shape index (κ2) is 7.39. The van der Waals surface area contributed by atoms with E-state index in [9.17, 15) is 9.59 Å². The molecule has 0 aromatic carbocycles. The predicted molar refractivity (Wildman–Crippen MR) is 78.4 cm³/mol. The van der Waals surface area contributed by atoms with Crippen LogP contribution >= 0.6 is 0 Å². The third-order valence-corrected chi connectivity index (χ3v) is 3.21. The van der Waals surface area contributed by atoms with Gasteiger partial charge in [0.05, 0.1) is 24.7 Å². The van der Waals surface area contributed by atoms with Crippen molar-refractivity contribution in [3.05, 3.63) is 35.9 Å². The molecule has 22 heavy (non-hydrogen) atoms. The van der Waals surface area contributed by atoms with E-state index in [0.29, 0.717) is 12.1 Å². The second-order valence-corrected chi connectivity index (χ2v) is 4.94. The number of nitrogens with zero attached hydrogens (tertiary/aromatic N) is 4. The summed E-state index contributed by atoms with van der Waals surface area (Å²) in [5.74, 6) is -1.10. The van der Waals surface area contributed by atoms with Gasteiger partial charge in [0.15, 0.2) is 0 Å². The van der Waals surface area contributed by atoms with Crippen molar-refractivity contribution < 1.29 is 14.7 Å². The third kappa shape index (κ3) is 4.44. The lowest BCUT2D eigenvalue weighted by Crippen LogP contribution is -2.25. The number of aliphatic carboxylic acids is 1. The lowest BCUT2D eigenvalue weighted by molar-refractivity contribution is -0.137.